The predicted octanol–water partition coefficient (Wildman–Crippen LogP) is 4.33. The van der Waals surface area contributed by atoms with Crippen LogP contribution in [0, 0.1) is 5.82 Å². The van der Waals surface area contributed by atoms with Gasteiger partial charge in [-0.05, 0) is 24.3 Å². The van der Waals surface area contributed by atoms with Crippen molar-refractivity contribution in [1.82, 2.24) is 14.6 Å². The zero-order valence-electron chi connectivity index (χ0n) is 12.1. The summed E-state index contributed by atoms with van der Waals surface area (Å²) in [7, 11) is 0. The number of fused-ring (bicyclic) bond motifs is 1. The van der Waals surface area contributed by atoms with Crippen LogP contribution in [-0.2, 0) is 0 Å². The molecular formula is C18H12FN3O. The zero-order chi connectivity index (χ0) is 15.6. The average Bonchev–Trinajstić information content (AvgIpc) is 3.03. The fourth-order valence-corrected chi connectivity index (χ4v) is 2.50. The molecule has 0 spiro atoms. The second-order valence-electron chi connectivity index (χ2n) is 4.99. The van der Waals surface area contributed by atoms with Crippen molar-refractivity contribution >= 4 is 5.52 Å². The maximum absolute atomic E-state index is 13.9. The number of hydrogen-bond donors (Lipinski definition) is 0. The van der Waals surface area contributed by atoms with E-state index in [1.165, 1.54) is 6.07 Å². The van der Waals surface area contributed by atoms with Crippen LogP contribution in [0.15, 0.2) is 73.3 Å². The molecule has 0 fully saturated rings. The largest absolute Gasteiger partial charge is 0.452 e. The molecule has 0 bridgehead atoms. The van der Waals surface area contributed by atoms with Gasteiger partial charge in [-0.15, -0.1) is 0 Å². The highest BCUT2D eigenvalue weighted by Gasteiger charge is 2.13. The van der Waals surface area contributed by atoms with Gasteiger partial charge in [0.25, 0.3) is 0 Å². The van der Waals surface area contributed by atoms with Gasteiger partial charge in [-0.1, -0.05) is 18.2 Å². The third kappa shape index (κ3) is 2.42. The Morgan fingerprint density at radius 1 is 0.913 bits per heavy atom. The molecule has 0 N–H and O–H groups in total. The first kappa shape index (κ1) is 13.5. The summed E-state index contributed by atoms with van der Waals surface area (Å²) in [5.41, 5.74) is 2.64. The van der Waals surface area contributed by atoms with Crippen molar-refractivity contribution in [3.63, 3.8) is 0 Å². The fourth-order valence-electron chi connectivity index (χ4n) is 2.50. The van der Waals surface area contributed by atoms with E-state index in [-0.39, 0.29) is 5.75 Å². The normalized spacial score (nSPS) is 10.8. The second kappa shape index (κ2) is 5.53. The van der Waals surface area contributed by atoms with Crippen LogP contribution in [0.3, 0.4) is 0 Å². The maximum Gasteiger partial charge on any atom is 0.165 e. The highest BCUT2D eigenvalue weighted by molar-refractivity contribution is 5.85. The molecule has 0 saturated carbocycles. The summed E-state index contributed by atoms with van der Waals surface area (Å²) in [4.78, 5) is 4.14. The van der Waals surface area contributed by atoms with Crippen molar-refractivity contribution in [1.29, 1.82) is 0 Å². The number of pyridine rings is 1. The SMILES string of the molecule is Fc1ccccc1Oc1ccnn2ccc(-c3cccnc3)c12. The molecule has 4 rings (SSSR count). The molecule has 0 amide bonds. The van der Waals surface area contributed by atoms with E-state index in [0.29, 0.717) is 5.75 Å². The van der Waals surface area contributed by atoms with E-state index in [0.717, 1.165) is 16.6 Å². The predicted molar refractivity (Wildman–Crippen MR) is 84.9 cm³/mol. The molecule has 4 aromatic rings. The Hall–Kier alpha value is -3.21. The maximum atomic E-state index is 13.9. The number of hydrogen-bond acceptors (Lipinski definition) is 3. The van der Waals surface area contributed by atoms with Crippen molar-refractivity contribution in [2.24, 2.45) is 0 Å². The van der Waals surface area contributed by atoms with Gasteiger partial charge in [0.05, 0.1) is 6.20 Å². The monoisotopic (exact) mass is 305 g/mol. The minimum Gasteiger partial charge on any atom is -0.452 e. The molecule has 3 heterocycles. The van der Waals surface area contributed by atoms with Gasteiger partial charge in [-0.25, -0.2) is 8.91 Å². The van der Waals surface area contributed by atoms with Crippen LogP contribution in [-0.4, -0.2) is 14.6 Å². The van der Waals surface area contributed by atoms with E-state index in [9.17, 15) is 4.39 Å². The number of nitrogens with zero attached hydrogens (tertiary/aromatic N) is 3. The highest BCUT2D eigenvalue weighted by Crippen LogP contribution is 2.34. The number of para-hydroxylation sites is 1. The fraction of sp³-hybridized carbons (Fsp3) is 0. The van der Waals surface area contributed by atoms with Crippen LogP contribution in [0.1, 0.15) is 0 Å². The lowest BCUT2D eigenvalue weighted by Gasteiger charge is -2.09. The van der Waals surface area contributed by atoms with Crippen molar-refractivity contribution < 1.29 is 9.13 Å². The first-order chi connectivity index (χ1) is 11.3. The van der Waals surface area contributed by atoms with Crippen LogP contribution in [0.2, 0.25) is 0 Å². The summed E-state index contributed by atoms with van der Waals surface area (Å²) in [6.07, 6.45) is 6.95. The zero-order valence-corrected chi connectivity index (χ0v) is 12.1. The van der Waals surface area contributed by atoms with Crippen LogP contribution >= 0.6 is 0 Å². The Morgan fingerprint density at radius 3 is 2.65 bits per heavy atom. The summed E-state index contributed by atoms with van der Waals surface area (Å²) in [5, 5.41) is 4.27. The van der Waals surface area contributed by atoms with Gasteiger partial charge in [-0.2, -0.15) is 5.10 Å². The highest BCUT2D eigenvalue weighted by atomic mass is 19.1. The summed E-state index contributed by atoms with van der Waals surface area (Å²) in [6, 6.07) is 13.8. The lowest BCUT2D eigenvalue weighted by atomic mass is 10.1. The molecule has 4 nitrogen and oxygen atoms in total. The summed E-state index contributed by atoms with van der Waals surface area (Å²) >= 11 is 0. The number of ether oxygens (including phenoxy) is 1. The van der Waals surface area contributed by atoms with Gasteiger partial charge in [-0.3, -0.25) is 4.98 Å². The lowest BCUT2D eigenvalue weighted by molar-refractivity contribution is 0.444. The van der Waals surface area contributed by atoms with Gasteiger partial charge in [0.2, 0.25) is 0 Å². The van der Waals surface area contributed by atoms with Gasteiger partial charge < -0.3 is 4.74 Å². The van der Waals surface area contributed by atoms with Crippen molar-refractivity contribution in [2.75, 3.05) is 0 Å². The Balaban J connectivity index is 1.87. The van der Waals surface area contributed by atoms with E-state index < -0.39 is 5.82 Å². The molecule has 0 atom stereocenters. The van der Waals surface area contributed by atoms with E-state index in [4.69, 9.17) is 4.74 Å². The smallest absolute Gasteiger partial charge is 0.165 e. The summed E-state index contributed by atoms with van der Waals surface area (Å²) in [5.74, 6) is 0.310. The quantitative estimate of drug-likeness (QED) is 0.565. The molecule has 0 aliphatic heterocycles. The molecule has 0 radical (unpaired) electrons. The first-order valence-electron chi connectivity index (χ1n) is 7.12. The molecule has 0 aliphatic carbocycles. The van der Waals surface area contributed by atoms with Crippen molar-refractivity contribution in [3.8, 4) is 22.6 Å². The standard InChI is InChI=1S/C18H12FN3O/c19-15-5-1-2-6-16(15)23-17-7-10-21-22-11-8-14(18(17)22)13-4-3-9-20-12-13/h1-12H. The summed E-state index contributed by atoms with van der Waals surface area (Å²) in [6.45, 7) is 0. The van der Waals surface area contributed by atoms with Crippen LogP contribution in [0.4, 0.5) is 4.39 Å². The number of halogens is 1. The minimum absolute atomic E-state index is 0.180. The number of aromatic nitrogens is 3. The van der Waals surface area contributed by atoms with Crippen LogP contribution in [0.5, 0.6) is 11.5 Å². The van der Waals surface area contributed by atoms with Crippen LogP contribution in [0.25, 0.3) is 16.6 Å². The van der Waals surface area contributed by atoms with Gasteiger partial charge in [0.1, 0.15) is 5.52 Å². The van der Waals surface area contributed by atoms with E-state index in [1.54, 1.807) is 47.4 Å². The Morgan fingerprint density at radius 2 is 1.83 bits per heavy atom. The van der Waals surface area contributed by atoms with Gasteiger partial charge in [0, 0.05) is 35.8 Å². The molecule has 112 valence electrons. The molecule has 0 aliphatic rings. The Labute approximate surface area is 131 Å². The summed E-state index contributed by atoms with van der Waals surface area (Å²) < 4.78 is 21.4. The topological polar surface area (TPSA) is 39.4 Å². The average molecular weight is 305 g/mol. The van der Waals surface area contributed by atoms with Gasteiger partial charge in [0.15, 0.2) is 17.3 Å². The minimum atomic E-state index is -0.406. The van der Waals surface area contributed by atoms with Gasteiger partial charge >= 0.3 is 0 Å². The third-order valence-electron chi connectivity index (χ3n) is 3.55. The van der Waals surface area contributed by atoms with Crippen molar-refractivity contribution in [3.05, 3.63) is 79.1 Å². The van der Waals surface area contributed by atoms with E-state index >= 15 is 0 Å². The Bertz CT molecular complexity index is 966. The first-order valence-corrected chi connectivity index (χ1v) is 7.12. The molecule has 23 heavy (non-hydrogen) atoms. The Kier molecular flexibility index (Phi) is 3.24. The lowest BCUT2D eigenvalue weighted by Crippen LogP contribution is -1.95. The molecule has 0 saturated heterocycles. The molecular weight excluding hydrogens is 293 g/mol. The van der Waals surface area contributed by atoms with E-state index in [1.807, 2.05) is 24.4 Å². The van der Waals surface area contributed by atoms with Crippen LogP contribution < -0.4 is 4.74 Å². The molecule has 0 unspecified atom stereocenters. The van der Waals surface area contributed by atoms with E-state index in [2.05, 4.69) is 10.1 Å². The second-order valence-corrected chi connectivity index (χ2v) is 4.99. The number of rotatable bonds is 3. The number of benzene rings is 1. The van der Waals surface area contributed by atoms with Crippen molar-refractivity contribution in [2.45, 2.75) is 0 Å². The molecule has 1 aromatic carbocycles. The molecule has 5 heteroatoms. The molecule has 3 aromatic heterocycles. The third-order valence-corrected chi connectivity index (χ3v) is 3.55.